The smallest absolute Gasteiger partial charge is 0.211 e. The van der Waals surface area contributed by atoms with Crippen molar-refractivity contribution in [2.75, 3.05) is 13.1 Å². The van der Waals surface area contributed by atoms with Gasteiger partial charge in [-0.25, -0.2) is 19.6 Å². The molecule has 0 aromatic rings. The highest BCUT2D eigenvalue weighted by atomic mass is 16.1. The summed E-state index contributed by atoms with van der Waals surface area (Å²) in [6, 6.07) is 0. The van der Waals surface area contributed by atoms with Gasteiger partial charge in [0.25, 0.3) is 0 Å². The summed E-state index contributed by atoms with van der Waals surface area (Å²) < 4.78 is 0. The van der Waals surface area contributed by atoms with Gasteiger partial charge in [-0.1, -0.05) is 141 Å². The molecule has 42 heavy (non-hydrogen) atoms. The van der Waals surface area contributed by atoms with Crippen LogP contribution in [0.2, 0.25) is 0 Å². The number of carbonyl (C=O) groups excluding carboxylic acids is 2. The Morgan fingerprint density at radius 3 is 1.62 bits per heavy atom. The molecule has 4 nitrogen and oxygen atoms in total. The minimum absolute atomic E-state index is 0.647. The van der Waals surface area contributed by atoms with Crippen LogP contribution in [-0.2, 0) is 9.59 Å². The Morgan fingerprint density at radius 2 is 1.12 bits per heavy atom. The summed E-state index contributed by atoms with van der Waals surface area (Å²) in [5.74, 6) is 2.60. The fourth-order valence-electron chi connectivity index (χ4n) is 7.33. The van der Waals surface area contributed by atoms with Gasteiger partial charge in [0.05, 0.1) is 13.1 Å². The third-order valence-electron chi connectivity index (χ3n) is 9.85. The van der Waals surface area contributed by atoms with Crippen molar-refractivity contribution in [1.29, 1.82) is 0 Å². The lowest BCUT2D eigenvalue weighted by molar-refractivity contribution is 0.171. The third kappa shape index (κ3) is 21.2. The molecule has 0 saturated carbocycles. The second-order valence-electron chi connectivity index (χ2n) is 13.2. The Bertz CT molecular complexity index is 735. The highest BCUT2D eigenvalue weighted by molar-refractivity contribution is 5.32. The Hall–Kier alpha value is -1.50. The Balaban J connectivity index is 2.75. The van der Waals surface area contributed by atoms with Crippen molar-refractivity contribution in [3.05, 3.63) is 11.6 Å². The zero-order valence-corrected chi connectivity index (χ0v) is 28.0. The van der Waals surface area contributed by atoms with E-state index in [1.54, 1.807) is 17.7 Å². The molecule has 0 aromatic heterocycles. The molecule has 1 aliphatic rings. The van der Waals surface area contributed by atoms with Crippen LogP contribution in [0.5, 0.6) is 0 Å². The first kappa shape index (κ1) is 38.5. The van der Waals surface area contributed by atoms with E-state index in [1.165, 1.54) is 161 Å². The number of aliphatic imine (C=N–C) groups is 2. The zero-order valence-electron chi connectivity index (χ0n) is 28.0. The average Bonchev–Trinajstić information content (AvgIpc) is 3.01. The van der Waals surface area contributed by atoms with E-state index < -0.39 is 0 Å². The molecule has 0 bridgehead atoms. The van der Waals surface area contributed by atoms with E-state index in [0.29, 0.717) is 13.1 Å². The fraction of sp³-hybridized carbons (Fsp3) is 0.895. The molecule has 0 saturated heterocycles. The standard InChI is InChI=1S/C38H68N2O2/c1-3-5-6-7-12-20-27-36(4-2)38(29-22-14-9-11-16-24-31-40-34-42)37(32-35-25-18-17-19-26-35)28-21-13-8-10-15-23-30-39-33-41/h25,36-38H,3-24,26-32H2,1-2H3. The van der Waals surface area contributed by atoms with Crippen LogP contribution in [0.3, 0.4) is 0 Å². The maximum Gasteiger partial charge on any atom is 0.234 e. The molecule has 0 heterocycles. The number of isocyanates is 2. The van der Waals surface area contributed by atoms with Gasteiger partial charge in [0.1, 0.15) is 0 Å². The molecule has 3 atom stereocenters. The lowest BCUT2D eigenvalue weighted by Gasteiger charge is -2.35. The molecule has 4 heteroatoms. The summed E-state index contributed by atoms with van der Waals surface area (Å²) in [5.41, 5.74) is 1.78. The van der Waals surface area contributed by atoms with Crippen LogP contribution in [-0.4, -0.2) is 25.2 Å². The highest BCUT2D eigenvalue weighted by Gasteiger charge is 2.28. The van der Waals surface area contributed by atoms with Crippen LogP contribution in [0.15, 0.2) is 21.6 Å². The van der Waals surface area contributed by atoms with Crippen molar-refractivity contribution in [2.24, 2.45) is 27.7 Å². The topological polar surface area (TPSA) is 58.9 Å². The molecule has 1 rings (SSSR count). The summed E-state index contributed by atoms with van der Waals surface area (Å²) in [4.78, 5) is 27.9. The van der Waals surface area contributed by atoms with Crippen molar-refractivity contribution in [2.45, 2.75) is 187 Å². The van der Waals surface area contributed by atoms with E-state index in [4.69, 9.17) is 0 Å². The van der Waals surface area contributed by atoms with Gasteiger partial charge in [-0.05, 0) is 75.5 Å². The Labute approximate surface area is 261 Å². The van der Waals surface area contributed by atoms with Gasteiger partial charge < -0.3 is 0 Å². The van der Waals surface area contributed by atoms with Gasteiger partial charge in [0.2, 0.25) is 12.2 Å². The Morgan fingerprint density at radius 1 is 0.619 bits per heavy atom. The van der Waals surface area contributed by atoms with Gasteiger partial charge in [-0.15, -0.1) is 0 Å². The van der Waals surface area contributed by atoms with Crippen molar-refractivity contribution >= 4 is 12.2 Å². The lowest BCUT2D eigenvalue weighted by Crippen LogP contribution is -2.25. The molecular formula is C38H68N2O2. The normalized spacial score (nSPS) is 15.3. The molecule has 0 aliphatic heterocycles. The number of unbranched alkanes of at least 4 members (excludes halogenated alkanes) is 15. The highest BCUT2D eigenvalue weighted by Crippen LogP contribution is 2.40. The van der Waals surface area contributed by atoms with E-state index in [9.17, 15) is 9.59 Å². The number of nitrogens with zero attached hydrogens (tertiary/aromatic N) is 2. The van der Waals surface area contributed by atoms with Crippen LogP contribution < -0.4 is 0 Å². The first-order valence-electron chi connectivity index (χ1n) is 18.5. The molecule has 1 aliphatic carbocycles. The van der Waals surface area contributed by atoms with Crippen LogP contribution in [0.1, 0.15) is 187 Å². The van der Waals surface area contributed by atoms with Gasteiger partial charge >= 0.3 is 0 Å². The predicted molar refractivity (Wildman–Crippen MR) is 181 cm³/mol. The molecule has 0 radical (unpaired) electrons. The molecular weight excluding hydrogens is 516 g/mol. The number of rotatable bonds is 30. The molecule has 0 amide bonds. The quantitative estimate of drug-likeness (QED) is 0.0365. The molecule has 3 unspecified atom stereocenters. The predicted octanol–water partition coefficient (Wildman–Crippen LogP) is 12.0. The Kier molecular flexibility index (Phi) is 27.1. The van der Waals surface area contributed by atoms with Gasteiger partial charge in [0, 0.05) is 0 Å². The van der Waals surface area contributed by atoms with Gasteiger partial charge in [-0.3, -0.25) is 0 Å². The summed E-state index contributed by atoms with van der Waals surface area (Å²) in [6.45, 7) is 6.08. The van der Waals surface area contributed by atoms with E-state index >= 15 is 0 Å². The summed E-state index contributed by atoms with van der Waals surface area (Å²) >= 11 is 0. The lowest BCUT2D eigenvalue weighted by atomic mass is 9.70. The monoisotopic (exact) mass is 585 g/mol. The van der Waals surface area contributed by atoms with E-state index in [0.717, 1.165) is 30.6 Å². The minimum Gasteiger partial charge on any atom is -0.211 e. The molecule has 0 N–H and O–H groups in total. The molecule has 0 fully saturated rings. The molecule has 242 valence electrons. The summed E-state index contributed by atoms with van der Waals surface area (Å²) in [5, 5.41) is 0. The first-order valence-corrected chi connectivity index (χ1v) is 18.5. The van der Waals surface area contributed by atoms with Crippen LogP contribution in [0.25, 0.3) is 0 Å². The largest absolute Gasteiger partial charge is 0.234 e. The van der Waals surface area contributed by atoms with Crippen LogP contribution in [0.4, 0.5) is 0 Å². The van der Waals surface area contributed by atoms with Gasteiger partial charge in [0.15, 0.2) is 0 Å². The maximum absolute atomic E-state index is 10.3. The van der Waals surface area contributed by atoms with E-state index in [1.807, 2.05) is 0 Å². The van der Waals surface area contributed by atoms with Gasteiger partial charge in [-0.2, -0.15) is 0 Å². The minimum atomic E-state index is 0.647. The third-order valence-corrected chi connectivity index (χ3v) is 9.85. The number of hydrogen-bond donors (Lipinski definition) is 0. The average molecular weight is 585 g/mol. The SMILES string of the molecule is CCCCCCCCC(CC)C(CCCCCCCCN=C=O)C(CCCCCCCCN=C=O)CC1=CCCCC1. The second-order valence-corrected chi connectivity index (χ2v) is 13.2. The first-order chi connectivity index (χ1) is 20.8. The van der Waals surface area contributed by atoms with Crippen molar-refractivity contribution < 1.29 is 9.59 Å². The molecule has 0 aromatic carbocycles. The fourth-order valence-corrected chi connectivity index (χ4v) is 7.33. The number of allylic oxidation sites excluding steroid dienone is 2. The second kappa shape index (κ2) is 29.6. The van der Waals surface area contributed by atoms with Crippen molar-refractivity contribution in [3.8, 4) is 0 Å². The summed E-state index contributed by atoms with van der Waals surface area (Å²) in [7, 11) is 0. The van der Waals surface area contributed by atoms with Crippen molar-refractivity contribution in [3.63, 3.8) is 0 Å². The molecule has 0 spiro atoms. The van der Waals surface area contributed by atoms with E-state index in [-0.39, 0.29) is 0 Å². The van der Waals surface area contributed by atoms with Crippen molar-refractivity contribution in [1.82, 2.24) is 0 Å². The number of hydrogen-bond acceptors (Lipinski definition) is 4. The van der Waals surface area contributed by atoms with Crippen LogP contribution >= 0.6 is 0 Å². The maximum atomic E-state index is 10.3. The zero-order chi connectivity index (χ0) is 30.4. The summed E-state index contributed by atoms with van der Waals surface area (Å²) in [6.07, 6.45) is 41.8. The van der Waals surface area contributed by atoms with E-state index in [2.05, 4.69) is 29.9 Å². The van der Waals surface area contributed by atoms with Crippen LogP contribution in [0, 0.1) is 17.8 Å².